The zero-order valence-corrected chi connectivity index (χ0v) is 11.8. The lowest BCUT2D eigenvalue weighted by molar-refractivity contribution is 0.630. The van der Waals surface area contributed by atoms with Crippen LogP contribution in [0.4, 0.5) is 0 Å². The van der Waals surface area contributed by atoms with Crippen molar-refractivity contribution in [2.24, 2.45) is 7.05 Å². The van der Waals surface area contributed by atoms with Crippen molar-refractivity contribution >= 4 is 11.8 Å². The molecule has 0 aliphatic carbocycles. The highest BCUT2D eigenvalue weighted by Crippen LogP contribution is 2.23. The van der Waals surface area contributed by atoms with Crippen molar-refractivity contribution in [1.29, 1.82) is 0 Å². The third-order valence-electron chi connectivity index (χ3n) is 2.83. The van der Waals surface area contributed by atoms with Gasteiger partial charge in [0.05, 0.1) is 24.5 Å². The summed E-state index contributed by atoms with van der Waals surface area (Å²) < 4.78 is 0. The molecule has 0 spiro atoms. The van der Waals surface area contributed by atoms with Gasteiger partial charge in [0.2, 0.25) is 5.82 Å². The van der Waals surface area contributed by atoms with Gasteiger partial charge in [-0.05, 0) is 10.8 Å². The summed E-state index contributed by atoms with van der Waals surface area (Å²) in [6, 6.07) is 10.4. The molecule has 0 fully saturated rings. The molecule has 0 unspecified atom stereocenters. The van der Waals surface area contributed by atoms with E-state index in [9.17, 15) is 0 Å². The minimum Gasteiger partial charge on any atom is -0.281 e. The zero-order chi connectivity index (χ0) is 13.8. The molecule has 1 N–H and O–H groups in total. The van der Waals surface area contributed by atoms with Crippen LogP contribution in [0, 0.1) is 0 Å². The van der Waals surface area contributed by atoms with Crippen LogP contribution in [0.5, 0.6) is 0 Å². The Labute approximate surface area is 120 Å². The molecule has 3 rings (SSSR count). The van der Waals surface area contributed by atoms with Crippen LogP contribution in [0.3, 0.4) is 0 Å². The molecule has 0 saturated heterocycles. The minimum atomic E-state index is 0.608. The summed E-state index contributed by atoms with van der Waals surface area (Å²) in [6.45, 7) is 0. The second kappa shape index (κ2) is 5.87. The van der Waals surface area contributed by atoms with E-state index in [4.69, 9.17) is 0 Å². The van der Waals surface area contributed by atoms with Crippen molar-refractivity contribution in [3.8, 4) is 11.4 Å². The number of aromatic amines is 1. The van der Waals surface area contributed by atoms with Crippen LogP contribution in [0.15, 0.2) is 36.5 Å². The Morgan fingerprint density at radius 2 is 2.05 bits per heavy atom. The van der Waals surface area contributed by atoms with Crippen LogP contribution in [-0.4, -0.2) is 30.4 Å². The Kier molecular flexibility index (Phi) is 3.78. The van der Waals surface area contributed by atoms with Gasteiger partial charge in [-0.25, -0.2) is 0 Å². The van der Waals surface area contributed by atoms with Crippen LogP contribution in [-0.2, 0) is 18.6 Å². The molecule has 2 aromatic heterocycles. The topological polar surface area (TPSA) is 72.3 Å². The predicted octanol–water partition coefficient (Wildman–Crippen LogP) is 2.03. The van der Waals surface area contributed by atoms with Crippen molar-refractivity contribution in [2.45, 2.75) is 11.5 Å². The van der Waals surface area contributed by atoms with Gasteiger partial charge in [-0.1, -0.05) is 30.3 Å². The fourth-order valence-corrected chi connectivity index (χ4v) is 2.81. The Morgan fingerprint density at radius 3 is 2.80 bits per heavy atom. The molecule has 0 bridgehead atoms. The van der Waals surface area contributed by atoms with E-state index in [2.05, 4.69) is 49.9 Å². The fourth-order valence-electron chi connectivity index (χ4n) is 1.85. The molecule has 0 aliphatic heterocycles. The summed E-state index contributed by atoms with van der Waals surface area (Å²) in [5, 5.41) is 19.2. The highest BCUT2D eigenvalue weighted by molar-refractivity contribution is 7.97. The van der Waals surface area contributed by atoms with Crippen molar-refractivity contribution in [2.75, 3.05) is 0 Å². The van der Waals surface area contributed by atoms with Crippen molar-refractivity contribution in [1.82, 2.24) is 30.4 Å². The fraction of sp³-hybridized carbons (Fsp3) is 0.231. The monoisotopic (exact) mass is 286 g/mol. The van der Waals surface area contributed by atoms with E-state index >= 15 is 0 Å². The van der Waals surface area contributed by atoms with E-state index in [0.717, 1.165) is 22.8 Å². The largest absolute Gasteiger partial charge is 0.281 e. The smallest absolute Gasteiger partial charge is 0.208 e. The molecule has 0 aliphatic rings. The van der Waals surface area contributed by atoms with Crippen LogP contribution >= 0.6 is 11.8 Å². The number of aryl methyl sites for hydroxylation is 1. The molecular formula is C13H14N6S. The molecule has 6 nitrogen and oxygen atoms in total. The van der Waals surface area contributed by atoms with Gasteiger partial charge in [0.1, 0.15) is 0 Å². The summed E-state index contributed by atoms with van der Waals surface area (Å²) in [6.07, 6.45) is 1.75. The molecule has 1 aromatic carbocycles. The maximum Gasteiger partial charge on any atom is 0.208 e. The lowest BCUT2D eigenvalue weighted by Crippen LogP contribution is -1.92. The average Bonchev–Trinajstić information content (AvgIpc) is 3.09. The van der Waals surface area contributed by atoms with Gasteiger partial charge >= 0.3 is 0 Å². The van der Waals surface area contributed by atoms with Gasteiger partial charge in [0.15, 0.2) is 0 Å². The molecule has 102 valence electrons. The van der Waals surface area contributed by atoms with Crippen molar-refractivity contribution in [3.05, 3.63) is 47.8 Å². The van der Waals surface area contributed by atoms with E-state index in [-0.39, 0.29) is 0 Å². The first kappa shape index (κ1) is 12.9. The Hall–Kier alpha value is -2.15. The molecule has 20 heavy (non-hydrogen) atoms. The SMILES string of the molecule is Cn1nnc(-c2cn[nH]c2CSCc2ccccc2)n1. The van der Waals surface area contributed by atoms with Crippen LogP contribution in [0.2, 0.25) is 0 Å². The maximum atomic E-state index is 4.21. The molecule has 3 aromatic rings. The van der Waals surface area contributed by atoms with Crippen LogP contribution in [0.1, 0.15) is 11.3 Å². The van der Waals surface area contributed by atoms with Gasteiger partial charge < -0.3 is 0 Å². The lowest BCUT2D eigenvalue weighted by Gasteiger charge is -2.01. The van der Waals surface area contributed by atoms with Gasteiger partial charge in [0.25, 0.3) is 0 Å². The summed E-state index contributed by atoms with van der Waals surface area (Å²) in [5.41, 5.74) is 3.26. The predicted molar refractivity (Wildman–Crippen MR) is 77.8 cm³/mol. The normalized spacial score (nSPS) is 10.8. The van der Waals surface area contributed by atoms with Gasteiger partial charge in [0, 0.05) is 11.5 Å². The Morgan fingerprint density at radius 1 is 1.20 bits per heavy atom. The number of thioether (sulfide) groups is 1. The maximum absolute atomic E-state index is 4.21. The van der Waals surface area contributed by atoms with E-state index in [0.29, 0.717) is 5.82 Å². The van der Waals surface area contributed by atoms with Crippen LogP contribution in [0.25, 0.3) is 11.4 Å². The standard InChI is InChI=1S/C13H14N6S/c1-19-17-13(16-18-19)11-7-14-15-12(11)9-20-8-10-5-3-2-4-6-10/h2-7H,8-9H2,1H3,(H,14,15). The van der Waals surface area contributed by atoms with E-state index < -0.39 is 0 Å². The number of tetrazole rings is 1. The molecule has 0 atom stereocenters. The summed E-state index contributed by atoms with van der Waals surface area (Å²) in [4.78, 5) is 1.45. The third kappa shape index (κ3) is 2.88. The van der Waals surface area contributed by atoms with Crippen molar-refractivity contribution in [3.63, 3.8) is 0 Å². The third-order valence-corrected chi connectivity index (χ3v) is 3.86. The van der Waals surface area contributed by atoms with Gasteiger partial charge in [-0.3, -0.25) is 5.10 Å². The number of nitrogens with one attached hydrogen (secondary N) is 1. The van der Waals surface area contributed by atoms with Crippen LogP contribution < -0.4 is 0 Å². The van der Waals surface area contributed by atoms with E-state index in [1.807, 2.05) is 17.8 Å². The number of hydrogen-bond donors (Lipinski definition) is 1. The average molecular weight is 286 g/mol. The number of rotatable bonds is 5. The number of benzene rings is 1. The first-order valence-corrected chi connectivity index (χ1v) is 7.36. The first-order valence-electron chi connectivity index (χ1n) is 6.21. The van der Waals surface area contributed by atoms with E-state index in [1.165, 1.54) is 10.4 Å². The summed E-state index contributed by atoms with van der Waals surface area (Å²) in [5.74, 6) is 2.41. The number of H-pyrrole nitrogens is 1. The quantitative estimate of drug-likeness (QED) is 0.777. The number of hydrogen-bond acceptors (Lipinski definition) is 5. The second-order valence-corrected chi connectivity index (χ2v) is 5.33. The summed E-state index contributed by atoms with van der Waals surface area (Å²) in [7, 11) is 1.75. The molecular weight excluding hydrogens is 272 g/mol. The van der Waals surface area contributed by atoms with Gasteiger partial charge in [-0.15, -0.1) is 10.2 Å². The second-order valence-electron chi connectivity index (χ2n) is 4.34. The first-order chi connectivity index (χ1) is 9.83. The molecule has 7 heteroatoms. The number of nitrogens with zero attached hydrogens (tertiary/aromatic N) is 5. The Balaban J connectivity index is 1.65. The number of aromatic nitrogens is 6. The van der Waals surface area contributed by atoms with Crippen molar-refractivity contribution < 1.29 is 0 Å². The van der Waals surface area contributed by atoms with Gasteiger partial charge in [-0.2, -0.15) is 21.7 Å². The van der Waals surface area contributed by atoms with E-state index in [1.54, 1.807) is 13.2 Å². The molecule has 2 heterocycles. The summed E-state index contributed by atoms with van der Waals surface area (Å²) >= 11 is 1.83. The lowest BCUT2D eigenvalue weighted by atomic mass is 10.2. The molecule has 0 saturated carbocycles. The zero-order valence-electron chi connectivity index (χ0n) is 11.0. The molecule has 0 radical (unpaired) electrons. The molecule has 0 amide bonds. The Bertz CT molecular complexity index is 675. The minimum absolute atomic E-state index is 0.608. The highest BCUT2D eigenvalue weighted by atomic mass is 32.2. The highest BCUT2D eigenvalue weighted by Gasteiger charge is 2.12.